The molecule has 0 spiro atoms. The molecule has 0 radical (unpaired) electrons. The van der Waals surface area contributed by atoms with Gasteiger partial charge in [-0.25, -0.2) is 9.97 Å². The molecule has 0 bridgehead atoms. The van der Waals surface area contributed by atoms with Gasteiger partial charge in [0.2, 0.25) is 11.8 Å². The molecule has 2 aromatic heterocycles. The highest BCUT2D eigenvalue weighted by Crippen LogP contribution is 2.47. The third-order valence-corrected chi connectivity index (χ3v) is 7.09. The van der Waals surface area contributed by atoms with Gasteiger partial charge in [0.05, 0.1) is 0 Å². The van der Waals surface area contributed by atoms with Gasteiger partial charge >= 0.3 is 6.18 Å². The van der Waals surface area contributed by atoms with E-state index in [-0.39, 0.29) is 16.7 Å². The van der Waals surface area contributed by atoms with Gasteiger partial charge in [-0.1, -0.05) is 47.5 Å². The van der Waals surface area contributed by atoms with Gasteiger partial charge in [0.15, 0.2) is 11.2 Å². The summed E-state index contributed by atoms with van der Waals surface area (Å²) in [6.45, 7) is 5.12. The molecule has 0 aliphatic heterocycles. The Hall–Kier alpha value is -4.39. The Balaban J connectivity index is 1.44. The summed E-state index contributed by atoms with van der Waals surface area (Å²) in [4.78, 5) is 8.97. The molecule has 0 fully saturated rings. The van der Waals surface area contributed by atoms with E-state index in [4.69, 9.17) is 8.83 Å². The van der Waals surface area contributed by atoms with Crippen LogP contribution in [0.15, 0.2) is 93.8 Å². The molecule has 7 heteroatoms. The molecule has 2 heterocycles. The van der Waals surface area contributed by atoms with Gasteiger partial charge < -0.3 is 8.83 Å². The highest BCUT2D eigenvalue weighted by molar-refractivity contribution is 5.79. The van der Waals surface area contributed by atoms with Crippen LogP contribution in [0.3, 0.4) is 0 Å². The largest absolute Gasteiger partial charge is 0.436 e. The lowest BCUT2D eigenvalue weighted by Crippen LogP contribution is -2.40. The van der Waals surface area contributed by atoms with Crippen LogP contribution in [-0.4, -0.2) is 16.1 Å². The smallest absolute Gasteiger partial charge is 0.402 e. The maximum absolute atomic E-state index is 14.8. The van der Waals surface area contributed by atoms with E-state index in [1.807, 2.05) is 62.4 Å². The van der Waals surface area contributed by atoms with Crippen LogP contribution in [0, 0.1) is 13.8 Å². The molecule has 4 aromatic carbocycles. The molecular weight excluding hydrogens is 489 g/mol. The summed E-state index contributed by atoms with van der Waals surface area (Å²) in [5, 5.41) is 0. The van der Waals surface area contributed by atoms with Gasteiger partial charge in [0.1, 0.15) is 16.4 Å². The Bertz CT molecular complexity index is 1660. The molecule has 1 unspecified atom stereocenters. The van der Waals surface area contributed by atoms with E-state index in [9.17, 15) is 13.2 Å². The van der Waals surface area contributed by atoms with E-state index in [1.165, 1.54) is 31.2 Å². The maximum atomic E-state index is 14.8. The van der Waals surface area contributed by atoms with Crippen LogP contribution in [0.4, 0.5) is 13.2 Å². The molecule has 0 N–H and O–H groups in total. The van der Waals surface area contributed by atoms with Crippen molar-refractivity contribution in [3.63, 3.8) is 0 Å². The SMILES string of the molecule is Cc1ccc(-c2nc3cc(C(C)(c4ccc5nc(-c6ccc(C)cc6)oc5c4)C(F)(F)F)ccc3o2)cc1. The predicted octanol–water partition coefficient (Wildman–Crippen LogP) is 8.79. The van der Waals surface area contributed by atoms with Crippen LogP contribution in [0.25, 0.3) is 45.1 Å². The van der Waals surface area contributed by atoms with Gasteiger partial charge in [-0.3, -0.25) is 0 Å². The molecule has 1 atom stereocenters. The Labute approximate surface area is 216 Å². The highest BCUT2D eigenvalue weighted by Gasteiger charge is 2.53. The second kappa shape index (κ2) is 8.58. The van der Waals surface area contributed by atoms with E-state index < -0.39 is 11.6 Å². The van der Waals surface area contributed by atoms with Crippen LogP contribution in [0.2, 0.25) is 0 Å². The number of aromatic nitrogens is 2. The number of oxazole rings is 2. The number of fused-ring (bicyclic) bond motifs is 2. The van der Waals surface area contributed by atoms with Crippen LogP contribution in [0.5, 0.6) is 0 Å². The molecule has 0 aliphatic rings. The molecule has 0 saturated heterocycles. The number of halogens is 3. The molecule has 6 rings (SSSR count). The summed E-state index contributed by atoms with van der Waals surface area (Å²) >= 11 is 0. The standard InChI is InChI=1S/C31H23F3N2O2/c1-18-4-8-20(9-5-18)28-35-24-14-12-23(17-27(24)38-28)30(3,31(32,33)34)22-13-15-26-25(16-22)36-29(37-26)21-10-6-19(2)7-11-21/h4-17H,1-3H3. The fourth-order valence-corrected chi connectivity index (χ4v) is 4.61. The number of hydrogen-bond acceptors (Lipinski definition) is 4. The summed E-state index contributed by atoms with van der Waals surface area (Å²) < 4.78 is 56.2. The first-order chi connectivity index (χ1) is 18.1. The Morgan fingerprint density at radius 3 is 1.66 bits per heavy atom. The third kappa shape index (κ3) is 3.95. The van der Waals surface area contributed by atoms with Crippen molar-refractivity contribution < 1.29 is 22.0 Å². The second-order valence-electron chi connectivity index (χ2n) is 9.76. The normalized spacial score (nSPS) is 13.7. The minimum absolute atomic E-state index is 0.0470. The number of nitrogens with zero attached hydrogens (tertiary/aromatic N) is 2. The van der Waals surface area contributed by atoms with Crippen molar-refractivity contribution in [2.75, 3.05) is 0 Å². The van der Waals surface area contributed by atoms with Gasteiger partial charge in [-0.15, -0.1) is 0 Å². The van der Waals surface area contributed by atoms with Crippen molar-refractivity contribution in [1.29, 1.82) is 0 Å². The van der Waals surface area contributed by atoms with Gasteiger partial charge in [-0.05, 0) is 80.4 Å². The molecule has 0 saturated carbocycles. The average molecular weight is 513 g/mol. The Kier molecular flexibility index (Phi) is 5.42. The van der Waals surface area contributed by atoms with E-state index >= 15 is 0 Å². The van der Waals surface area contributed by atoms with Crippen molar-refractivity contribution in [1.82, 2.24) is 9.97 Å². The van der Waals surface area contributed by atoms with Gasteiger partial charge in [-0.2, -0.15) is 13.2 Å². The van der Waals surface area contributed by atoms with Gasteiger partial charge in [0.25, 0.3) is 0 Å². The minimum Gasteiger partial charge on any atom is -0.436 e. The monoisotopic (exact) mass is 512 g/mol. The zero-order valence-corrected chi connectivity index (χ0v) is 20.9. The second-order valence-corrected chi connectivity index (χ2v) is 9.76. The first kappa shape index (κ1) is 24.0. The summed E-state index contributed by atoms with van der Waals surface area (Å²) in [5.41, 5.74) is 3.02. The Morgan fingerprint density at radius 1 is 0.579 bits per heavy atom. The number of benzene rings is 4. The fourth-order valence-electron chi connectivity index (χ4n) is 4.61. The highest BCUT2D eigenvalue weighted by atomic mass is 19.4. The molecular formula is C31H23F3N2O2. The summed E-state index contributed by atoms with van der Waals surface area (Å²) in [6.07, 6.45) is -4.60. The van der Waals surface area contributed by atoms with Crippen LogP contribution in [0.1, 0.15) is 29.2 Å². The maximum Gasteiger partial charge on any atom is 0.402 e. The molecule has 6 aromatic rings. The van der Waals surface area contributed by atoms with Crippen molar-refractivity contribution >= 4 is 22.2 Å². The van der Waals surface area contributed by atoms with Crippen molar-refractivity contribution in [3.05, 3.63) is 107 Å². The minimum atomic E-state index is -4.60. The molecule has 4 nitrogen and oxygen atoms in total. The zero-order valence-electron chi connectivity index (χ0n) is 20.9. The summed E-state index contributed by atoms with van der Waals surface area (Å²) in [6, 6.07) is 24.1. The zero-order chi connectivity index (χ0) is 26.7. The molecule has 38 heavy (non-hydrogen) atoms. The summed E-state index contributed by atoms with van der Waals surface area (Å²) in [7, 11) is 0. The van der Waals surface area contributed by atoms with Crippen LogP contribution >= 0.6 is 0 Å². The van der Waals surface area contributed by atoms with E-state index in [2.05, 4.69) is 9.97 Å². The van der Waals surface area contributed by atoms with Crippen LogP contribution in [-0.2, 0) is 5.41 Å². The lowest BCUT2D eigenvalue weighted by molar-refractivity contribution is -0.173. The number of rotatable bonds is 4. The average Bonchev–Trinajstić information content (AvgIpc) is 3.52. The molecule has 190 valence electrons. The quantitative estimate of drug-likeness (QED) is 0.237. The van der Waals surface area contributed by atoms with Gasteiger partial charge in [0, 0.05) is 11.1 Å². The van der Waals surface area contributed by atoms with E-state index in [1.54, 1.807) is 12.1 Å². The van der Waals surface area contributed by atoms with Crippen molar-refractivity contribution in [3.8, 4) is 22.9 Å². The Morgan fingerprint density at radius 2 is 1.08 bits per heavy atom. The predicted molar refractivity (Wildman–Crippen MR) is 141 cm³/mol. The lowest BCUT2D eigenvalue weighted by Gasteiger charge is -2.33. The third-order valence-electron chi connectivity index (χ3n) is 7.09. The topological polar surface area (TPSA) is 52.1 Å². The fraction of sp³-hybridized carbons (Fsp3) is 0.161. The number of aryl methyl sites for hydroxylation is 2. The first-order valence-corrected chi connectivity index (χ1v) is 12.1. The van der Waals surface area contributed by atoms with Crippen LogP contribution < -0.4 is 0 Å². The first-order valence-electron chi connectivity index (χ1n) is 12.1. The van der Waals surface area contributed by atoms with Crippen molar-refractivity contribution in [2.24, 2.45) is 0 Å². The number of hydrogen-bond donors (Lipinski definition) is 0. The lowest BCUT2D eigenvalue weighted by atomic mass is 9.75. The van der Waals surface area contributed by atoms with E-state index in [0.29, 0.717) is 28.4 Å². The summed E-state index contributed by atoms with van der Waals surface area (Å²) in [5.74, 6) is 0.719. The van der Waals surface area contributed by atoms with Crippen molar-refractivity contribution in [2.45, 2.75) is 32.4 Å². The molecule has 0 aliphatic carbocycles. The van der Waals surface area contributed by atoms with E-state index in [0.717, 1.165) is 22.3 Å². The molecule has 0 amide bonds. The number of alkyl halides is 3.